The lowest BCUT2D eigenvalue weighted by molar-refractivity contribution is 0.601. The summed E-state index contributed by atoms with van der Waals surface area (Å²) in [7, 11) is -3.66. The summed E-state index contributed by atoms with van der Waals surface area (Å²) < 4.78 is 27.3. The Hall–Kier alpha value is -3.00. The van der Waals surface area contributed by atoms with Crippen molar-refractivity contribution >= 4 is 21.5 Å². The summed E-state index contributed by atoms with van der Waals surface area (Å²) in [6.45, 7) is 2.06. The molecule has 0 bridgehead atoms. The van der Waals surface area contributed by atoms with E-state index in [0.29, 0.717) is 5.69 Å². The van der Waals surface area contributed by atoms with Gasteiger partial charge in [-0.05, 0) is 49.2 Å². The molecular formula is C21H23N5O2S. The maximum absolute atomic E-state index is 12.4. The maximum atomic E-state index is 12.4. The van der Waals surface area contributed by atoms with Gasteiger partial charge in [-0.3, -0.25) is 9.71 Å². The summed E-state index contributed by atoms with van der Waals surface area (Å²) in [4.78, 5) is 6.27. The summed E-state index contributed by atoms with van der Waals surface area (Å²) in [5.41, 5.74) is 2.11. The molecular weight excluding hydrogens is 386 g/mol. The van der Waals surface area contributed by atoms with Crippen LogP contribution in [0.1, 0.15) is 25.7 Å². The molecule has 1 saturated heterocycles. The van der Waals surface area contributed by atoms with E-state index in [0.717, 1.165) is 30.2 Å². The molecule has 0 spiro atoms. The van der Waals surface area contributed by atoms with Crippen LogP contribution in [0, 0.1) is 0 Å². The van der Waals surface area contributed by atoms with E-state index < -0.39 is 10.0 Å². The van der Waals surface area contributed by atoms with Crippen LogP contribution in [0.25, 0.3) is 11.3 Å². The van der Waals surface area contributed by atoms with E-state index in [4.69, 9.17) is 0 Å². The monoisotopic (exact) mass is 409 g/mol. The average molecular weight is 410 g/mol. The number of hydrogen-bond acceptors (Lipinski definition) is 6. The van der Waals surface area contributed by atoms with Gasteiger partial charge >= 0.3 is 0 Å². The Bertz CT molecular complexity index is 1030. The highest BCUT2D eigenvalue weighted by Gasteiger charge is 2.15. The van der Waals surface area contributed by atoms with Crippen molar-refractivity contribution in [2.75, 3.05) is 22.7 Å². The molecule has 0 unspecified atom stereocenters. The molecule has 1 aliphatic heterocycles. The number of sulfonamides is 1. The van der Waals surface area contributed by atoms with E-state index in [1.54, 1.807) is 18.2 Å². The number of benzene rings is 1. The molecule has 3 heterocycles. The highest BCUT2D eigenvalue weighted by molar-refractivity contribution is 7.92. The van der Waals surface area contributed by atoms with E-state index in [9.17, 15) is 8.42 Å². The lowest BCUT2D eigenvalue weighted by Gasteiger charge is -2.20. The predicted octanol–water partition coefficient (Wildman–Crippen LogP) is 3.72. The Kier molecular flexibility index (Phi) is 5.71. The van der Waals surface area contributed by atoms with Crippen LogP contribution in [-0.2, 0) is 10.0 Å². The first-order valence-corrected chi connectivity index (χ1v) is 11.2. The number of hydrogen-bond donors (Lipinski definition) is 1. The van der Waals surface area contributed by atoms with Crippen LogP contribution in [0.5, 0.6) is 0 Å². The fourth-order valence-electron chi connectivity index (χ4n) is 3.38. The van der Waals surface area contributed by atoms with Gasteiger partial charge in [0.05, 0.1) is 5.69 Å². The van der Waals surface area contributed by atoms with Crippen molar-refractivity contribution in [2.45, 2.75) is 30.6 Å². The number of aromatic nitrogens is 3. The third kappa shape index (κ3) is 4.71. The maximum Gasteiger partial charge on any atom is 0.263 e. The zero-order chi connectivity index (χ0) is 20.1. The van der Waals surface area contributed by atoms with Gasteiger partial charge in [0, 0.05) is 36.7 Å². The molecule has 1 N–H and O–H groups in total. The minimum Gasteiger partial charge on any atom is -0.355 e. The third-order valence-corrected chi connectivity index (χ3v) is 6.32. The molecule has 8 heteroatoms. The molecule has 29 heavy (non-hydrogen) atoms. The molecule has 4 rings (SSSR count). The van der Waals surface area contributed by atoms with Crippen molar-refractivity contribution in [1.29, 1.82) is 0 Å². The van der Waals surface area contributed by atoms with Gasteiger partial charge in [0.2, 0.25) is 0 Å². The summed E-state index contributed by atoms with van der Waals surface area (Å²) in [6.07, 6.45) is 7.79. The molecule has 7 nitrogen and oxygen atoms in total. The molecule has 1 fully saturated rings. The van der Waals surface area contributed by atoms with Gasteiger partial charge in [-0.2, -0.15) is 0 Å². The zero-order valence-corrected chi connectivity index (χ0v) is 16.8. The topological polar surface area (TPSA) is 88.1 Å². The number of nitrogens with one attached hydrogen (secondary N) is 1. The number of pyridine rings is 1. The molecule has 0 atom stereocenters. The van der Waals surface area contributed by atoms with Crippen LogP contribution in [0.2, 0.25) is 0 Å². The molecule has 0 saturated carbocycles. The van der Waals surface area contributed by atoms with Crippen LogP contribution in [0.15, 0.2) is 65.8 Å². The Morgan fingerprint density at radius 3 is 2.24 bits per heavy atom. The second-order valence-corrected chi connectivity index (χ2v) is 8.73. The second kappa shape index (κ2) is 8.57. The fourth-order valence-corrected chi connectivity index (χ4v) is 4.40. The molecule has 1 aromatic carbocycles. The largest absolute Gasteiger partial charge is 0.355 e. The van der Waals surface area contributed by atoms with Gasteiger partial charge in [0.15, 0.2) is 5.82 Å². The first kappa shape index (κ1) is 19.3. The van der Waals surface area contributed by atoms with Crippen molar-refractivity contribution in [3.05, 3.63) is 60.9 Å². The molecule has 0 radical (unpaired) electrons. The fraction of sp³-hybridized carbons (Fsp3) is 0.286. The Labute approximate surface area is 170 Å². The first-order valence-electron chi connectivity index (χ1n) is 9.74. The summed E-state index contributed by atoms with van der Waals surface area (Å²) in [5.74, 6) is 0.913. The minimum atomic E-state index is -3.66. The smallest absolute Gasteiger partial charge is 0.263 e. The average Bonchev–Trinajstić information content (AvgIpc) is 3.05. The molecule has 3 aromatic rings. The van der Waals surface area contributed by atoms with Crippen LogP contribution in [0.4, 0.5) is 11.5 Å². The SMILES string of the molecule is O=S(=O)(Nc1ccc(-c2ccc(N3CCCCCC3)nn2)cc1)c1cccnc1. The van der Waals surface area contributed by atoms with Gasteiger partial charge in [0.1, 0.15) is 4.90 Å². The quantitative estimate of drug-likeness (QED) is 0.691. The van der Waals surface area contributed by atoms with Crippen molar-refractivity contribution in [1.82, 2.24) is 15.2 Å². The minimum absolute atomic E-state index is 0.124. The van der Waals surface area contributed by atoms with Crippen LogP contribution in [-0.4, -0.2) is 36.7 Å². The van der Waals surface area contributed by atoms with Gasteiger partial charge in [-0.25, -0.2) is 8.42 Å². The molecule has 1 aliphatic rings. The molecule has 150 valence electrons. The standard InChI is InChI=1S/C21H23N5O2S/c27-29(28,19-6-5-13-22-16-19)25-18-9-7-17(8-10-18)20-11-12-21(24-23-20)26-14-3-1-2-4-15-26/h5-13,16,25H,1-4,14-15H2. The summed E-state index contributed by atoms with van der Waals surface area (Å²) in [5, 5.41) is 8.77. The zero-order valence-electron chi connectivity index (χ0n) is 16.0. The Morgan fingerprint density at radius 1 is 0.862 bits per heavy atom. The lowest BCUT2D eigenvalue weighted by atomic mass is 10.1. The molecule has 2 aromatic heterocycles. The lowest BCUT2D eigenvalue weighted by Crippen LogP contribution is -2.25. The van der Waals surface area contributed by atoms with Gasteiger partial charge in [-0.15, -0.1) is 10.2 Å². The molecule has 0 amide bonds. The van der Waals surface area contributed by atoms with Crippen molar-refractivity contribution in [2.24, 2.45) is 0 Å². The number of rotatable bonds is 5. The van der Waals surface area contributed by atoms with Crippen LogP contribution < -0.4 is 9.62 Å². The van der Waals surface area contributed by atoms with Crippen LogP contribution in [0.3, 0.4) is 0 Å². The first-order chi connectivity index (χ1) is 14.1. The Balaban J connectivity index is 1.46. The third-order valence-electron chi connectivity index (χ3n) is 4.96. The van der Waals surface area contributed by atoms with E-state index in [-0.39, 0.29) is 4.90 Å². The van der Waals surface area contributed by atoms with E-state index in [2.05, 4.69) is 24.8 Å². The van der Waals surface area contributed by atoms with Gasteiger partial charge in [-0.1, -0.05) is 25.0 Å². The summed E-state index contributed by atoms with van der Waals surface area (Å²) in [6, 6.07) is 14.2. The van der Waals surface area contributed by atoms with E-state index >= 15 is 0 Å². The molecule has 0 aliphatic carbocycles. The second-order valence-electron chi connectivity index (χ2n) is 7.05. The normalized spacial score (nSPS) is 15.0. The van der Waals surface area contributed by atoms with Gasteiger partial charge < -0.3 is 4.90 Å². The van der Waals surface area contributed by atoms with E-state index in [1.807, 2.05) is 24.3 Å². The number of nitrogens with zero attached hydrogens (tertiary/aromatic N) is 4. The summed E-state index contributed by atoms with van der Waals surface area (Å²) >= 11 is 0. The number of anilines is 2. The van der Waals surface area contributed by atoms with Gasteiger partial charge in [0.25, 0.3) is 10.0 Å². The van der Waals surface area contributed by atoms with Crippen LogP contribution >= 0.6 is 0 Å². The van der Waals surface area contributed by atoms with Crippen molar-refractivity contribution in [3.8, 4) is 11.3 Å². The highest BCUT2D eigenvalue weighted by Crippen LogP contribution is 2.23. The highest BCUT2D eigenvalue weighted by atomic mass is 32.2. The van der Waals surface area contributed by atoms with Crippen molar-refractivity contribution in [3.63, 3.8) is 0 Å². The van der Waals surface area contributed by atoms with Crippen molar-refractivity contribution < 1.29 is 8.42 Å². The Morgan fingerprint density at radius 2 is 1.62 bits per heavy atom. The van der Waals surface area contributed by atoms with E-state index in [1.165, 1.54) is 44.1 Å². The predicted molar refractivity (Wildman–Crippen MR) is 113 cm³/mol.